The van der Waals surface area contributed by atoms with Gasteiger partial charge in [0.25, 0.3) is 0 Å². The van der Waals surface area contributed by atoms with Crippen LogP contribution in [0.3, 0.4) is 0 Å². The van der Waals surface area contributed by atoms with Gasteiger partial charge in [0.2, 0.25) is 5.88 Å². The Bertz CT molecular complexity index is 1280. The second kappa shape index (κ2) is 9.76. The second-order valence-electron chi connectivity index (χ2n) is 9.60. The van der Waals surface area contributed by atoms with Crippen molar-refractivity contribution in [1.29, 1.82) is 0 Å². The van der Waals surface area contributed by atoms with Crippen molar-refractivity contribution in [3.05, 3.63) is 77.5 Å². The molecule has 4 rings (SSSR count). The Labute approximate surface area is 214 Å². The highest BCUT2D eigenvalue weighted by Crippen LogP contribution is 2.45. The van der Waals surface area contributed by atoms with Crippen LogP contribution in [0, 0.1) is 0 Å². The van der Waals surface area contributed by atoms with Crippen LogP contribution in [-0.2, 0) is 20.0 Å². The van der Waals surface area contributed by atoms with Crippen molar-refractivity contribution in [3.8, 4) is 17.4 Å². The summed E-state index contributed by atoms with van der Waals surface area (Å²) in [4.78, 5) is 16.0. The van der Waals surface area contributed by atoms with Gasteiger partial charge >= 0.3 is 19.0 Å². The third-order valence-electron chi connectivity index (χ3n) is 6.68. The number of halogens is 2. The van der Waals surface area contributed by atoms with Crippen molar-refractivity contribution in [3.63, 3.8) is 0 Å². The van der Waals surface area contributed by atoms with E-state index in [4.69, 9.17) is 23.5 Å². The number of ether oxygens (including phenoxy) is 3. The maximum absolute atomic E-state index is 15.8. The fourth-order valence-electron chi connectivity index (χ4n) is 3.85. The van der Waals surface area contributed by atoms with Crippen LogP contribution in [0.2, 0.25) is 0 Å². The van der Waals surface area contributed by atoms with Gasteiger partial charge in [-0.15, -0.1) is 0 Å². The van der Waals surface area contributed by atoms with E-state index in [2.05, 4.69) is 4.98 Å². The van der Waals surface area contributed by atoms with E-state index in [1.165, 1.54) is 44.7 Å². The van der Waals surface area contributed by atoms with Crippen molar-refractivity contribution in [2.75, 3.05) is 14.2 Å². The zero-order chi connectivity index (χ0) is 27.0. The minimum atomic E-state index is -3.55. The van der Waals surface area contributed by atoms with Crippen LogP contribution < -0.4 is 14.9 Å². The number of pyridine rings is 1. The van der Waals surface area contributed by atoms with Gasteiger partial charge in [-0.2, -0.15) is 8.78 Å². The quantitative estimate of drug-likeness (QED) is 0.323. The molecule has 0 aliphatic carbocycles. The van der Waals surface area contributed by atoms with Gasteiger partial charge in [0, 0.05) is 6.20 Å². The zero-order valence-electron chi connectivity index (χ0n) is 21.5. The summed E-state index contributed by atoms with van der Waals surface area (Å²) in [7, 11) is 1.89. The Morgan fingerprint density at radius 1 is 0.946 bits per heavy atom. The highest BCUT2D eigenvalue weighted by molar-refractivity contribution is 6.62. The fraction of sp³-hybridized carbons (Fsp3) is 0.333. The predicted molar refractivity (Wildman–Crippen MR) is 134 cm³/mol. The Balaban J connectivity index is 1.69. The summed E-state index contributed by atoms with van der Waals surface area (Å²) in [6, 6.07) is 13.0. The number of aromatic nitrogens is 1. The molecule has 3 aromatic rings. The molecular weight excluding hydrogens is 483 g/mol. The third-order valence-corrected chi connectivity index (χ3v) is 6.68. The molecule has 0 saturated carbocycles. The van der Waals surface area contributed by atoms with Gasteiger partial charge in [-0.3, -0.25) is 0 Å². The lowest BCUT2D eigenvalue weighted by atomic mass is 9.79. The van der Waals surface area contributed by atoms with E-state index in [0.717, 1.165) is 11.5 Å². The first-order chi connectivity index (χ1) is 17.4. The minimum Gasteiger partial charge on any atom is -0.481 e. The first-order valence-electron chi connectivity index (χ1n) is 11.6. The standard InChI is InChI=1S/C27H28BF2NO6/c1-25(2)26(3,4)37-28(36-25)18-10-12-19(13-11-18)35-22-16-17(24(32)34-6)9-14-20(22)27(29,30)21-8-7-15-31-23(21)33-5/h7-16H,1-6H3. The van der Waals surface area contributed by atoms with Crippen LogP contribution in [0.1, 0.15) is 49.2 Å². The molecule has 0 radical (unpaired) electrons. The molecule has 0 unspecified atom stereocenters. The van der Waals surface area contributed by atoms with Crippen molar-refractivity contribution in [1.82, 2.24) is 4.98 Å². The molecule has 10 heteroatoms. The van der Waals surface area contributed by atoms with Gasteiger partial charge < -0.3 is 23.5 Å². The van der Waals surface area contributed by atoms with Crippen molar-refractivity contribution >= 4 is 18.6 Å². The number of alkyl halides is 2. The van der Waals surface area contributed by atoms with Gasteiger partial charge in [0.05, 0.1) is 42.1 Å². The van der Waals surface area contributed by atoms with Gasteiger partial charge in [0.15, 0.2) is 0 Å². The Morgan fingerprint density at radius 3 is 2.19 bits per heavy atom. The van der Waals surface area contributed by atoms with E-state index < -0.39 is 41.3 Å². The summed E-state index contributed by atoms with van der Waals surface area (Å²) in [5, 5.41) is 0. The van der Waals surface area contributed by atoms with Crippen molar-refractivity contribution < 1.29 is 37.1 Å². The van der Waals surface area contributed by atoms with Gasteiger partial charge in [0.1, 0.15) is 11.5 Å². The molecule has 2 aromatic carbocycles. The number of carbonyl (C=O) groups is 1. The maximum atomic E-state index is 15.8. The zero-order valence-corrected chi connectivity index (χ0v) is 21.5. The topological polar surface area (TPSA) is 76.1 Å². The molecule has 2 heterocycles. The Hall–Kier alpha value is -3.50. The number of nitrogens with zero attached hydrogens (tertiary/aromatic N) is 1. The number of benzene rings is 2. The van der Waals surface area contributed by atoms with E-state index in [1.807, 2.05) is 27.7 Å². The summed E-state index contributed by atoms with van der Waals surface area (Å²) in [6.07, 6.45) is 1.36. The highest BCUT2D eigenvalue weighted by atomic mass is 19.3. The first kappa shape index (κ1) is 26.6. The summed E-state index contributed by atoms with van der Waals surface area (Å²) in [5.74, 6) is -4.40. The number of rotatable bonds is 7. The Kier molecular flexibility index (Phi) is 7.00. The van der Waals surface area contributed by atoms with Crippen LogP contribution in [0.4, 0.5) is 8.78 Å². The van der Waals surface area contributed by atoms with Crippen LogP contribution in [-0.4, -0.2) is 43.5 Å². The van der Waals surface area contributed by atoms with Crippen LogP contribution >= 0.6 is 0 Å². The van der Waals surface area contributed by atoms with Crippen LogP contribution in [0.5, 0.6) is 17.4 Å². The average Bonchev–Trinajstić information content (AvgIpc) is 3.10. The monoisotopic (exact) mass is 511 g/mol. The lowest BCUT2D eigenvalue weighted by molar-refractivity contribution is 0.00578. The molecule has 0 amide bonds. The van der Waals surface area contributed by atoms with E-state index in [1.54, 1.807) is 24.3 Å². The molecule has 0 N–H and O–H groups in total. The SMILES string of the molecule is COC(=O)c1ccc(C(F)(F)c2cccnc2OC)c(Oc2ccc(B3OC(C)(C)C(C)(C)O3)cc2)c1. The third kappa shape index (κ3) is 5.04. The normalized spacial score (nSPS) is 16.4. The first-order valence-corrected chi connectivity index (χ1v) is 11.6. The molecule has 1 aliphatic heterocycles. The van der Waals surface area contributed by atoms with Crippen molar-refractivity contribution in [2.24, 2.45) is 0 Å². The molecular formula is C27H28BF2NO6. The summed E-state index contributed by atoms with van der Waals surface area (Å²) >= 11 is 0. The summed E-state index contributed by atoms with van der Waals surface area (Å²) in [5.41, 5.74) is -1.11. The smallest absolute Gasteiger partial charge is 0.481 e. The molecule has 1 aromatic heterocycles. The lowest BCUT2D eigenvalue weighted by Crippen LogP contribution is -2.41. The fourth-order valence-corrected chi connectivity index (χ4v) is 3.85. The van der Waals surface area contributed by atoms with Crippen LogP contribution in [0.15, 0.2) is 60.8 Å². The van der Waals surface area contributed by atoms with Gasteiger partial charge in [-0.05, 0) is 75.6 Å². The van der Waals surface area contributed by atoms with E-state index in [-0.39, 0.29) is 22.9 Å². The lowest BCUT2D eigenvalue weighted by Gasteiger charge is -2.32. The highest BCUT2D eigenvalue weighted by Gasteiger charge is 2.51. The predicted octanol–water partition coefficient (Wildman–Crippen LogP) is 5.11. The van der Waals surface area contributed by atoms with E-state index in [9.17, 15) is 4.79 Å². The summed E-state index contributed by atoms with van der Waals surface area (Å²) < 4.78 is 59.4. The van der Waals surface area contributed by atoms with E-state index in [0.29, 0.717) is 0 Å². The number of hydrogen-bond donors (Lipinski definition) is 0. The second-order valence-corrected chi connectivity index (χ2v) is 9.60. The average molecular weight is 511 g/mol. The molecule has 7 nitrogen and oxygen atoms in total. The number of hydrogen-bond acceptors (Lipinski definition) is 7. The molecule has 1 aliphatic rings. The maximum Gasteiger partial charge on any atom is 0.494 e. The molecule has 0 bridgehead atoms. The number of methoxy groups -OCH3 is 2. The van der Waals surface area contributed by atoms with Crippen molar-refractivity contribution in [2.45, 2.75) is 44.8 Å². The molecule has 1 saturated heterocycles. The molecule has 0 spiro atoms. The molecule has 1 fully saturated rings. The van der Waals surface area contributed by atoms with Gasteiger partial charge in [-0.25, -0.2) is 9.78 Å². The largest absolute Gasteiger partial charge is 0.494 e. The molecule has 0 atom stereocenters. The Morgan fingerprint density at radius 2 is 1.59 bits per heavy atom. The minimum absolute atomic E-state index is 0.0593. The number of esters is 1. The van der Waals surface area contributed by atoms with E-state index >= 15 is 8.78 Å². The molecule has 37 heavy (non-hydrogen) atoms. The summed E-state index contributed by atoms with van der Waals surface area (Å²) in [6.45, 7) is 7.82. The number of carbonyl (C=O) groups excluding carboxylic acids is 1. The van der Waals surface area contributed by atoms with Crippen LogP contribution in [0.25, 0.3) is 0 Å². The van der Waals surface area contributed by atoms with Gasteiger partial charge in [-0.1, -0.05) is 12.1 Å². The molecule has 194 valence electrons.